The van der Waals surface area contributed by atoms with Gasteiger partial charge in [0.25, 0.3) is 0 Å². The number of aromatic amines is 1. The van der Waals surface area contributed by atoms with Gasteiger partial charge in [-0.2, -0.15) is 13.2 Å². The fraction of sp³-hybridized carbons (Fsp3) is 0.292. The Morgan fingerprint density at radius 1 is 1.12 bits per heavy atom. The Bertz CT molecular complexity index is 1370. The van der Waals surface area contributed by atoms with Crippen molar-refractivity contribution in [3.05, 3.63) is 54.4 Å². The van der Waals surface area contributed by atoms with Crippen molar-refractivity contribution in [2.75, 3.05) is 18.5 Å². The van der Waals surface area contributed by atoms with Crippen LogP contribution in [-0.2, 0) is 0 Å². The average molecular weight is 466 g/mol. The number of anilines is 1. The number of aliphatic hydroxyl groups is 1. The van der Waals surface area contributed by atoms with Crippen molar-refractivity contribution >= 4 is 11.5 Å². The second-order valence-electron chi connectivity index (χ2n) is 8.10. The highest BCUT2D eigenvalue weighted by molar-refractivity contribution is 5.73. The number of hydrogen-bond donors (Lipinski definition) is 3. The van der Waals surface area contributed by atoms with Crippen LogP contribution in [-0.4, -0.2) is 48.8 Å². The minimum absolute atomic E-state index is 0.196. The maximum atomic E-state index is 12.6. The molecule has 7 nitrogen and oxygen atoms in total. The molecule has 3 heterocycles. The summed E-state index contributed by atoms with van der Waals surface area (Å²) in [5.74, 6) is 7.00. The lowest BCUT2D eigenvalue weighted by Crippen LogP contribution is -2.16. The SMILES string of the molecule is OCC#Cc1cn2c(-c3ccc(-c4cnc(C5CC5)[nH]4)cc3)cnc2c(NCCC(F)(F)F)n1. The van der Waals surface area contributed by atoms with Gasteiger partial charge in [-0.25, -0.2) is 15.0 Å². The van der Waals surface area contributed by atoms with E-state index in [0.717, 1.165) is 28.3 Å². The van der Waals surface area contributed by atoms with Crippen LogP contribution < -0.4 is 5.32 Å². The number of aromatic nitrogens is 5. The van der Waals surface area contributed by atoms with Gasteiger partial charge >= 0.3 is 6.18 Å². The third-order valence-electron chi connectivity index (χ3n) is 5.54. The van der Waals surface area contributed by atoms with Gasteiger partial charge in [0.15, 0.2) is 11.5 Å². The summed E-state index contributed by atoms with van der Waals surface area (Å²) < 4.78 is 39.6. The fourth-order valence-electron chi connectivity index (χ4n) is 3.70. The second-order valence-corrected chi connectivity index (χ2v) is 8.10. The molecule has 174 valence electrons. The van der Waals surface area contributed by atoms with Crippen molar-refractivity contribution in [3.63, 3.8) is 0 Å². The van der Waals surface area contributed by atoms with Gasteiger partial charge < -0.3 is 15.4 Å². The molecule has 5 rings (SSSR count). The Balaban J connectivity index is 1.47. The van der Waals surface area contributed by atoms with Crippen molar-refractivity contribution < 1.29 is 18.3 Å². The number of aliphatic hydroxyl groups excluding tert-OH is 1. The van der Waals surface area contributed by atoms with E-state index in [1.807, 2.05) is 30.5 Å². The molecular weight excluding hydrogens is 445 g/mol. The molecule has 10 heteroatoms. The zero-order valence-corrected chi connectivity index (χ0v) is 18.0. The number of benzene rings is 1. The Kier molecular flexibility index (Phi) is 5.71. The largest absolute Gasteiger partial charge is 0.390 e. The Morgan fingerprint density at radius 3 is 2.59 bits per heavy atom. The first-order valence-corrected chi connectivity index (χ1v) is 10.9. The quantitative estimate of drug-likeness (QED) is 0.367. The molecule has 0 saturated heterocycles. The van der Waals surface area contributed by atoms with E-state index in [4.69, 9.17) is 5.11 Å². The smallest absolute Gasteiger partial charge is 0.384 e. The van der Waals surface area contributed by atoms with Crippen LogP contribution in [0.4, 0.5) is 19.0 Å². The summed E-state index contributed by atoms with van der Waals surface area (Å²) in [4.78, 5) is 16.5. The van der Waals surface area contributed by atoms with Gasteiger partial charge in [-0.1, -0.05) is 30.2 Å². The Labute approximate surface area is 193 Å². The van der Waals surface area contributed by atoms with Gasteiger partial charge in [0, 0.05) is 24.2 Å². The molecule has 1 aliphatic carbocycles. The highest BCUT2D eigenvalue weighted by Gasteiger charge is 2.27. The van der Waals surface area contributed by atoms with Crippen molar-refractivity contribution in [1.82, 2.24) is 24.3 Å². The number of nitrogens with one attached hydrogen (secondary N) is 2. The van der Waals surface area contributed by atoms with E-state index in [9.17, 15) is 13.2 Å². The van der Waals surface area contributed by atoms with Crippen molar-refractivity contribution in [3.8, 4) is 34.4 Å². The number of alkyl halides is 3. The van der Waals surface area contributed by atoms with Gasteiger partial charge in [0.1, 0.15) is 18.1 Å². The number of nitrogens with zero attached hydrogens (tertiary/aromatic N) is 4. The predicted molar refractivity (Wildman–Crippen MR) is 121 cm³/mol. The van der Waals surface area contributed by atoms with Crippen LogP contribution in [0.3, 0.4) is 0 Å². The summed E-state index contributed by atoms with van der Waals surface area (Å²) in [6.45, 7) is -0.697. The van der Waals surface area contributed by atoms with Crippen molar-refractivity contribution in [1.29, 1.82) is 0 Å². The summed E-state index contributed by atoms with van der Waals surface area (Å²) in [7, 11) is 0. The highest BCUT2D eigenvalue weighted by atomic mass is 19.4. The molecule has 0 aliphatic heterocycles. The fourth-order valence-corrected chi connectivity index (χ4v) is 3.70. The molecule has 1 fully saturated rings. The lowest BCUT2D eigenvalue weighted by atomic mass is 10.1. The summed E-state index contributed by atoms with van der Waals surface area (Å²) in [5, 5.41) is 11.7. The monoisotopic (exact) mass is 466 g/mol. The van der Waals surface area contributed by atoms with Crippen LogP contribution in [0.1, 0.15) is 36.7 Å². The van der Waals surface area contributed by atoms with Gasteiger partial charge in [-0.05, 0) is 24.3 Å². The minimum atomic E-state index is -4.28. The van der Waals surface area contributed by atoms with Crippen molar-refractivity contribution in [2.24, 2.45) is 0 Å². The third-order valence-corrected chi connectivity index (χ3v) is 5.54. The zero-order valence-electron chi connectivity index (χ0n) is 18.0. The molecule has 4 aromatic rings. The first-order valence-electron chi connectivity index (χ1n) is 10.9. The molecule has 1 aliphatic rings. The standard InChI is InChI=1S/C24H21F3N6O/c25-24(26,27)9-10-28-22-23-30-13-20(33(23)14-18(31-22)2-1-11-34)16-5-3-15(4-6-16)19-12-29-21(32-19)17-7-8-17/h3-6,12-14,17,34H,7-11H2,(H,28,31)(H,29,32). The minimum Gasteiger partial charge on any atom is -0.384 e. The lowest BCUT2D eigenvalue weighted by molar-refractivity contribution is -0.131. The number of hydrogen-bond acceptors (Lipinski definition) is 5. The van der Waals surface area contributed by atoms with Crippen LogP contribution in [0.5, 0.6) is 0 Å². The third kappa shape index (κ3) is 4.75. The van der Waals surface area contributed by atoms with Crippen LogP contribution in [0.15, 0.2) is 42.9 Å². The Morgan fingerprint density at radius 2 is 1.88 bits per heavy atom. The topological polar surface area (TPSA) is 91.1 Å². The molecular formula is C24H21F3N6O. The van der Waals surface area contributed by atoms with Crippen molar-refractivity contribution in [2.45, 2.75) is 31.4 Å². The maximum Gasteiger partial charge on any atom is 0.390 e. The first-order chi connectivity index (χ1) is 16.4. The number of rotatable bonds is 6. The van der Waals surface area contributed by atoms with Crippen LogP contribution in [0.2, 0.25) is 0 Å². The van der Waals surface area contributed by atoms with Gasteiger partial charge in [-0.15, -0.1) is 0 Å². The molecule has 0 amide bonds. The molecule has 1 aromatic carbocycles. The summed E-state index contributed by atoms with van der Waals surface area (Å²) in [5.41, 5.74) is 4.25. The molecule has 3 aromatic heterocycles. The average Bonchev–Trinajstić information content (AvgIpc) is 3.38. The summed E-state index contributed by atoms with van der Waals surface area (Å²) in [6.07, 6.45) is 2.20. The van der Waals surface area contributed by atoms with Gasteiger partial charge in [-0.3, -0.25) is 4.40 Å². The van der Waals surface area contributed by atoms with Crippen LogP contribution >= 0.6 is 0 Å². The first kappa shape index (κ1) is 22.0. The van der Waals surface area contributed by atoms with Gasteiger partial charge in [0.2, 0.25) is 0 Å². The molecule has 0 bridgehead atoms. The van der Waals surface area contributed by atoms with E-state index >= 15 is 0 Å². The van der Waals surface area contributed by atoms with E-state index in [-0.39, 0.29) is 19.0 Å². The number of imidazole rings is 2. The normalized spacial score (nSPS) is 13.6. The van der Waals surface area contributed by atoms with Crippen LogP contribution in [0, 0.1) is 11.8 Å². The molecule has 1 saturated carbocycles. The Hall–Kier alpha value is -3.84. The zero-order chi connectivity index (χ0) is 23.7. The summed E-state index contributed by atoms with van der Waals surface area (Å²) in [6, 6.07) is 7.86. The van der Waals surface area contributed by atoms with E-state index in [1.165, 1.54) is 12.8 Å². The number of halogens is 3. The molecule has 0 atom stereocenters. The molecule has 3 N–H and O–H groups in total. The van der Waals surface area contributed by atoms with E-state index in [0.29, 0.717) is 17.3 Å². The predicted octanol–water partition coefficient (Wildman–Crippen LogP) is 4.37. The number of H-pyrrole nitrogens is 1. The molecule has 0 radical (unpaired) electrons. The summed E-state index contributed by atoms with van der Waals surface area (Å²) >= 11 is 0. The van der Waals surface area contributed by atoms with E-state index in [1.54, 1.807) is 16.8 Å². The maximum absolute atomic E-state index is 12.6. The molecule has 0 spiro atoms. The molecule has 0 unspecified atom stereocenters. The van der Waals surface area contributed by atoms with E-state index in [2.05, 4.69) is 37.1 Å². The highest BCUT2D eigenvalue weighted by Crippen LogP contribution is 2.39. The van der Waals surface area contributed by atoms with Gasteiger partial charge in [0.05, 0.1) is 30.2 Å². The lowest BCUT2D eigenvalue weighted by Gasteiger charge is -2.10. The molecule has 34 heavy (non-hydrogen) atoms. The van der Waals surface area contributed by atoms with Crippen LogP contribution in [0.25, 0.3) is 28.2 Å². The number of fused-ring (bicyclic) bond motifs is 1. The second kappa shape index (κ2) is 8.83. The van der Waals surface area contributed by atoms with E-state index < -0.39 is 12.6 Å².